The number of anilines is 4. The summed E-state index contributed by atoms with van der Waals surface area (Å²) in [5.74, 6) is 0.236. The zero-order chi connectivity index (χ0) is 32.8. The van der Waals surface area contributed by atoms with Crippen LogP contribution in [0.1, 0.15) is 37.1 Å². The van der Waals surface area contributed by atoms with Gasteiger partial charge < -0.3 is 22.1 Å². The van der Waals surface area contributed by atoms with Gasteiger partial charge in [-0.2, -0.15) is 19.9 Å². The number of nitro groups is 2. The van der Waals surface area contributed by atoms with E-state index in [4.69, 9.17) is 34.7 Å². The highest BCUT2D eigenvalue weighted by molar-refractivity contribution is 6.33. The summed E-state index contributed by atoms with van der Waals surface area (Å²) < 4.78 is 1.51. The maximum absolute atomic E-state index is 10.8. The average molecular weight is 689 g/mol. The summed E-state index contributed by atoms with van der Waals surface area (Å²) in [7, 11) is 0. The number of hydrogen-bond donors (Lipinski definition) is 4. The van der Waals surface area contributed by atoms with Crippen molar-refractivity contribution in [3.63, 3.8) is 0 Å². The molecule has 47 heavy (non-hydrogen) atoms. The second-order valence-electron chi connectivity index (χ2n) is 9.26. The topological polar surface area (TPSA) is 262 Å². The number of aryl methyl sites for hydroxylation is 2. The number of carbonyl (C=O) groups is 1. The standard InChI is InChI=1S/C13H13ClN6O3.C12H10ClN7O2.2CH4/c1-7-4-8(2-3-9(7)20(22)23)5-16-12-10(17-6-21)11(14)18-13(15)19-12;1-6-4-7(2-3-8(6)20(21)22)5-19-11-9(17-18-19)10(13)15-12(14)16-11;;/h2-4,6H,5H2,1H3,(H,17,21)(H3,15,16,18,19);2-4H,5H2,1H3,(H2,14,15,16);2*1H4. The van der Waals surface area contributed by atoms with Crippen molar-refractivity contribution in [3.8, 4) is 0 Å². The Morgan fingerprint density at radius 3 is 2.00 bits per heavy atom. The van der Waals surface area contributed by atoms with Gasteiger partial charge in [0, 0.05) is 29.8 Å². The fourth-order valence-corrected chi connectivity index (χ4v) is 4.56. The van der Waals surface area contributed by atoms with Crippen molar-refractivity contribution >= 4 is 75.6 Å². The number of rotatable bonds is 9. The molecule has 0 atom stereocenters. The molecule has 0 aliphatic heterocycles. The molecule has 3 heterocycles. The minimum Gasteiger partial charge on any atom is -0.368 e. The Hall–Kier alpha value is -5.75. The van der Waals surface area contributed by atoms with Gasteiger partial charge in [0.25, 0.3) is 11.4 Å². The van der Waals surface area contributed by atoms with Crippen molar-refractivity contribution in [2.45, 2.75) is 41.8 Å². The molecule has 0 saturated heterocycles. The molecule has 248 valence electrons. The molecule has 2 aromatic carbocycles. The van der Waals surface area contributed by atoms with Gasteiger partial charge in [0.2, 0.25) is 18.3 Å². The number of nitrogens with one attached hydrogen (secondary N) is 2. The number of nitro benzene ring substituents is 2. The van der Waals surface area contributed by atoms with E-state index in [2.05, 4.69) is 40.9 Å². The van der Waals surface area contributed by atoms with Crippen molar-refractivity contribution < 1.29 is 14.6 Å². The van der Waals surface area contributed by atoms with Crippen LogP contribution in [0.4, 0.5) is 34.8 Å². The van der Waals surface area contributed by atoms with Gasteiger partial charge in [-0.1, -0.05) is 55.4 Å². The number of benzene rings is 2. The van der Waals surface area contributed by atoms with E-state index in [-0.39, 0.29) is 59.9 Å². The van der Waals surface area contributed by atoms with Gasteiger partial charge in [-0.3, -0.25) is 25.0 Å². The summed E-state index contributed by atoms with van der Waals surface area (Å²) in [5.41, 5.74) is 14.9. The number of nitrogens with two attached hydrogens (primary N) is 2. The highest BCUT2D eigenvalue weighted by Crippen LogP contribution is 2.28. The van der Waals surface area contributed by atoms with Gasteiger partial charge in [-0.05, 0) is 37.1 Å². The average Bonchev–Trinajstić information content (AvgIpc) is 3.36. The van der Waals surface area contributed by atoms with Crippen LogP contribution in [0.5, 0.6) is 0 Å². The molecule has 0 radical (unpaired) electrons. The molecule has 1 amide bonds. The fraction of sp³-hybridized carbons (Fsp3) is 0.222. The first-order valence-electron chi connectivity index (χ1n) is 12.6. The van der Waals surface area contributed by atoms with Gasteiger partial charge in [-0.15, -0.1) is 5.10 Å². The molecule has 0 saturated carbocycles. The normalized spacial score (nSPS) is 10.1. The number of hydrogen-bond acceptors (Lipinski definition) is 14. The lowest BCUT2D eigenvalue weighted by atomic mass is 10.1. The second-order valence-corrected chi connectivity index (χ2v) is 9.98. The molecule has 5 aromatic rings. The molecular formula is C27H31Cl2N13O5. The highest BCUT2D eigenvalue weighted by Gasteiger charge is 2.16. The third kappa shape index (κ3) is 8.92. The van der Waals surface area contributed by atoms with E-state index in [1.807, 2.05) is 0 Å². The van der Waals surface area contributed by atoms with Crippen LogP contribution in [0.3, 0.4) is 0 Å². The first-order chi connectivity index (χ1) is 21.4. The summed E-state index contributed by atoms with van der Waals surface area (Å²) in [6, 6.07) is 9.57. The van der Waals surface area contributed by atoms with Gasteiger partial charge >= 0.3 is 0 Å². The van der Waals surface area contributed by atoms with Crippen molar-refractivity contribution in [2.75, 3.05) is 22.1 Å². The smallest absolute Gasteiger partial charge is 0.272 e. The Labute approximate surface area is 277 Å². The molecule has 0 unspecified atom stereocenters. The lowest BCUT2D eigenvalue weighted by molar-refractivity contribution is -0.385. The lowest BCUT2D eigenvalue weighted by Gasteiger charge is -2.12. The molecule has 0 aliphatic rings. The third-order valence-corrected chi connectivity index (χ3v) is 6.67. The minimum atomic E-state index is -0.441. The molecule has 18 nitrogen and oxygen atoms in total. The molecule has 5 rings (SSSR count). The fourth-order valence-electron chi connectivity index (χ4n) is 4.12. The summed E-state index contributed by atoms with van der Waals surface area (Å²) >= 11 is 11.8. The summed E-state index contributed by atoms with van der Waals surface area (Å²) in [6.45, 7) is 3.97. The van der Waals surface area contributed by atoms with Crippen LogP contribution in [0, 0.1) is 34.1 Å². The maximum Gasteiger partial charge on any atom is 0.272 e. The summed E-state index contributed by atoms with van der Waals surface area (Å²) in [4.78, 5) is 47.0. The van der Waals surface area contributed by atoms with Crippen LogP contribution in [0.15, 0.2) is 36.4 Å². The molecule has 0 aliphatic carbocycles. The number of nitrogens with zero attached hydrogens (tertiary/aromatic N) is 9. The lowest BCUT2D eigenvalue weighted by Crippen LogP contribution is -2.09. The number of carbonyl (C=O) groups excluding carboxylic acids is 1. The summed E-state index contributed by atoms with van der Waals surface area (Å²) in [6.07, 6.45) is 0.446. The zero-order valence-electron chi connectivity index (χ0n) is 23.4. The van der Waals surface area contributed by atoms with Gasteiger partial charge in [0.05, 0.1) is 16.4 Å². The van der Waals surface area contributed by atoms with Crippen molar-refractivity contribution in [1.82, 2.24) is 34.9 Å². The number of halogens is 2. The van der Waals surface area contributed by atoms with E-state index in [1.54, 1.807) is 38.1 Å². The molecule has 6 N–H and O–H groups in total. The Balaban J connectivity index is 0.000000314. The van der Waals surface area contributed by atoms with Crippen LogP contribution in [0.25, 0.3) is 11.2 Å². The summed E-state index contributed by atoms with van der Waals surface area (Å²) in [5, 5.41) is 35.0. The first-order valence-corrected chi connectivity index (χ1v) is 13.4. The zero-order valence-corrected chi connectivity index (χ0v) is 24.9. The van der Waals surface area contributed by atoms with E-state index in [1.165, 1.54) is 16.8 Å². The second kappa shape index (κ2) is 16.0. The van der Waals surface area contributed by atoms with E-state index in [0.717, 1.165) is 11.1 Å². The monoisotopic (exact) mass is 687 g/mol. The van der Waals surface area contributed by atoms with E-state index < -0.39 is 9.85 Å². The van der Waals surface area contributed by atoms with Crippen molar-refractivity contribution in [1.29, 1.82) is 0 Å². The van der Waals surface area contributed by atoms with Crippen LogP contribution in [0.2, 0.25) is 10.3 Å². The molecule has 0 bridgehead atoms. The van der Waals surface area contributed by atoms with Gasteiger partial charge in [-0.25, -0.2) is 4.68 Å². The molecule has 0 fully saturated rings. The van der Waals surface area contributed by atoms with E-state index >= 15 is 0 Å². The quantitative estimate of drug-likeness (QED) is 0.0679. The molecule has 3 aromatic heterocycles. The minimum absolute atomic E-state index is 0. The van der Waals surface area contributed by atoms with Crippen LogP contribution in [-0.4, -0.2) is 51.2 Å². The Kier molecular flexibility index (Phi) is 12.7. The Morgan fingerprint density at radius 2 is 1.43 bits per heavy atom. The predicted octanol–water partition coefficient (Wildman–Crippen LogP) is 5.10. The number of fused-ring (bicyclic) bond motifs is 1. The third-order valence-electron chi connectivity index (χ3n) is 6.13. The Bertz CT molecular complexity index is 1940. The van der Waals surface area contributed by atoms with Crippen LogP contribution in [-0.2, 0) is 17.9 Å². The maximum atomic E-state index is 10.8. The number of amides is 1. The SMILES string of the molecule is C.C.Cc1cc(CNc2nc(N)nc(Cl)c2NC=O)ccc1[N+](=O)[O-].Cc1cc(Cn2nnc3c(Cl)nc(N)nc32)ccc1[N+](=O)[O-]. The molecular weight excluding hydrogens is 657 g/mol. The first kappa shape index (κ1) is 37.4. The van der Waals surface area contributed by atoms with Crippen LogP contribution < -0.4 is 22.1 Å². The predicted molar refractivity (Wildman–Crippen MR) is 179 cm³/mol. The Morgan fingerprint density at radius 1 is 0.872 bits per heavy atom. The van der Waals surface area contributed by atoms with Crippen molar-refractivity contribution in [3.05, 3.63) is 89.2 Å². The largest absolute Gasteiger partial charge is 0.368 e. The van der Waals surface area contributed by atoms with Gasteiger partial charge in [0.15, 0.2) is 27.3 Å². The molecule has 20 heteroatoms. The highest BCUT2D eigenvalue weighted by atomic mass is 35.5. The number of aromatic nitrogens is 7. The van der Waals surface area contributed by atoms with E-state index in [0.29, 0.717) is 41.8 Å². The van der Waals surface area contributed by atoms with E-state index in [9.17, 15) is 25.0 Å². The number of nitrogen functional groups attached to an aromatic ring is 2. The van der Waals surface area contributed by atoms with Crippen molar-refractivity contribution in [2.24, 2.45) is 0 Å². The van der Waals surface area contributed by atoms with Gasteiger partial charge in [0.1, 0.15) is 5.69 Å². The van der Waals surface area contributed by atoms with Crippen LogP contribution >= 0.6 is 23.2 Å². The molecule has 0 spiro atoms.